The molecule has 0 spiro atoms. The third-order valence-electron chi connectivity index (χ3n) is 5.28. The molecule has 0 aliphatic carbocycles. The Hall–Kier alpha value is -3.00. The van der Waals surface area contributed by atoms with Gasteiger partial charge in [-0.3, -0.25) is 4.79 Å². The highest BCUT2D eigenvalue weighted by molar-refractivity contribution is 5.94. The Morgan fingerprint density at radius 1 is 1.16 bits per heavy atom. The Kier molecular flexibility index (Phi) is 7.57. The van der Waals surface area contributed by atoms with Crippen LogP contribution in [0.25, 0.3) is 17.3 Å². The number of carbonyl (C=O) groups excluding carboxylic acids is 1. The molecule has 0 unspecified atom stereocenters. The van der Waals surface area contributed by atoms with E-state index >= 15 is 0 Å². The monoisotopic (exact) mass is 424 g/mol. The minimum atomic E-state index is -0.0577. The van der Waals surface area contributed by atoms with Crippen LogP contribution in [0.5, 0.6) is 0 Å². The fourth-order valence-electron chi connectivity index (χ4n) is 3.42. The molecule has 0 fully saturated rings. The zero-order valence-electron chi connectivity index (χ0n) is 19.1. The molecule has 1 amide bonds. The van der Waals surface area contributed by atoms with Crippen molar-refractivity contribution in [3.05, 3.63) is 47.5 Å². The van der Waals surface area contributed by atoms with Crippen molar-refractivity contribution >= 4 is 5.91 Å². The topological polar surface area (TPSA) is 89.1 Å². The van der Waals surface area contributed by atoms with Gasteiger partial charge in [-0.2, -0.15) is 5.10 Å². The Labute approximate surface area is 183 Å². The van der Waals surface area contributed by atoms with Crippen LogP contribution in [0.4, 0.5) is 0 Å². The van der Waals surface area contributed by atoms with Gasteiger partial charge in [0.1, 0.15) is 5.69 Å². The molecule has 31 heavy (non-hydrogen) atoms. The van der Waals surface area contributed by atoms with Crippen LogP contribution < -0.4 is 5.32 Å². The van der Waals surface area contributed by atoms with Crippen LogP contribution in [0.15, 0.2) is 34.7 Å². The van der Waals surface area contributed by atoms with E-state index in [2.05, 4.69) is 53.2 Å². The van der Waals surface area contributed by atoms with Crippen LogP contribution in [0.3, 0.4) is 0 Å². The van der Waals surface area contributed by atoms with Crippen LogP contribution >= 0.6 is 0 Å². The van der Waals surface area contributed by atoms with Gasteiger partial charge in [-0.25, -0.2) is 4.68 Å². The first-order valence-corrected chi connectivity index (χ1v) is 10.9. The minimum Gasteiger partial charge on any atom is -0.420 e. The highest BCUT2D eigenvalue weighted by atomic mass is 16.4. The van der Waals surface area contributed by atoms with Gasteiger partial charge in [0.25, 0.3) is 11.8 Å². The summed E-state index contributed by atoms with van der Waals surface area (Å²) in [6.07, 6.45) is 0.939. The first kappa shape index (κ1) is 22.7. The van der Waals surface area contributed by atoms with Crippen LogP contribution in [-0.4, -0.2) is 57.0 Å². The average molecular weight is 425 g/mol. The van der Waals surface area contributed by atoms with Crippen molar-refractivity contribution in [2.75, 3.05) is 26.2 Å². The van der Waals surface area contributed by atoms with Crippen LogP contribution in [0.1, 0.15) is 62.0 Å². The summed E-state index contributed by atoms with van der Waals surface area (Å²) in [7, 11) is 0. The molecule has 8 nitrogen and oxygen atoms in total. The van der Waals surface area contributed by atoms with E-state index in [-0.39, 0.29) is 11.8 Å². The molecule has 0 bridgehead atoms. The van der Waals surface area contributed by atoms with Crippen molar-refractivity contribution in [1.29, 1.82) is 0 Å². The smallest absolute Gasteiger partial charge is 0.268 e. The molecule has 3 aromatic rings. The molecule has 0 aliphatic rings. The first-order chi connectivity index (χ1) is 14.9. The Balaban J connectivity index is 1.69. The number of hydrogen-bond acceptors (Lipinski definition) is 6. The highest BCUT2D eigenvalue weighted by Gasteiger charge is 2.17. The zero-order valence-corrected chi connectivity index (χ0v) is 19.1. The number of nitrogens with one attached hydrogen (secondary N) is 1. The van der Waals surface area contributed by atoms with Gasteiger partial charge in [0.15, 0.2) is 0 Å². The van der Waals surface area contributed by atoms with Crippen LogP contribution in [-0.2, 0) is 0 Å². The number of benzene rings is 1. The van der Waals surface area contributed by atoms with Crippen molar-refractivity contribution in [2.45, 2.75) is 47.0 Å². The number of nitrogens with zero attached hydrogens (tertiary/aromatic N) is 5. The Morgan fingerprint density at radius 3 is 2.45 bits per heavy atom. The van der Waals surface area contributed by atoms with E-state index in [1.807, 2.05) is 35.0 Å². The van der Waals surface area contributed by atoms with Gasteiger partial charge in [-0.05, 0) is 62.3 Å². The van der Waals surface area contributed by atoms with Crippen molar-refractivity contribution in [3.8, 4) is 17.3 Å². The molecule has 3 rings (SSSR count). The largest absolute Gasteiger partial charge is 0.420 e. The standard InChI is InChI=1S/C23H32N6O2/c1-6-28(7-2)14-8-13-24-22(30)18-9-11-19(12-10-18)29-21(16(3)4)15-20(27-29)23-26-25-17(5)31-23/h9-12,15-16H,6-8,13-14H2,1-5H3,(H,24,30). The highest BCUT2D eigenvalue weighted by Crippen LogP contribution is 2.25. The molecule has 2 aromatic heterocycles. The molecule has 166 valence electrons. The molecule has 2 heterocycles. The number of aromatic nitrogens is 4. The first-order valence-electron chi connectivity index (χ1n) is 10.9. The number of rotatable bonds is 10. The Bertz CT molecular complexity index is 986. The van der Waals surface area contributed by atoms with E-state index in [0.717, 1.165) is 37.4 Å². The summed E-state index contributed by atoms with van der Waals surface area (Å²) in [5, 5.41) is 15.6. The fraction of sp³-hybridized carbons (Fsp3) is 0.478. The lowest BCUT2D eigenvalue weighted by molar-refractivity contribution is 0.0952. The molecule has 1 aromatic carbocycles. The molecular weight excluding hydrogens is 392 g/mol. The summed E-state index contributed by atoms with van der Waals surface area (Å²) in [4.78, 5) is 14.8. The number of amides is 1. The normalized spacial score (nSPS) is 11.5. The molecule has 0 radical (unpaired) electrons. The predicted molar refractivity (Wildman–Crippen MR) is 120 cm³/mol. The van der Waals surface area contributed by atoms with Gasteiger partial charge in [-0.15, -0.1) is 10.2 Å². The van der Waals surface area contributed by atoms with Crippen molar-refractivity contribution in [3.63, 3.8) is 0 Å². The molecule has 0 saturated carbocycles. The van der Waals surface area contributed by atoms with Crippen molar-refractivity contribution in [2.24, 2.45) is 0 Å². The molecule has 8 heteroatoms. The number of hydrogen-bond donors (Lipinski definition) is 1. The summed E-state index contributed by atoms with van der Waals surface area (Å²) in [5.41, 5.74) is 3.18. The quantitative estimate of drug-likeness (QED) is 0.498. The molecular formula is C23H32N6O2. The molecule has 1 N–H and O–H groups in total. The maximum Gasteiger partial charge on any atom is 0.268 e. The molecule has 0 saturated heterocycles. The number of carbonyl (C=O) groups is 1. The van der Waals surface area contributed by atoms with Crippen molar-refractivity contribution < 1.29 is 9.21 Å². The van der Waals surface area contributed by atoms with Gasteiger partial charge in [0.05, 0.1) is 5.69 Å². The van der Waals surface area contributed by atoms with Gasteiger partial charge < -0.3 is 14.6 Å². The number of aryl methyl sites for hydroxylation is 1. The summed E-state index contributed by atoms with van der Waals surface area (Å²) >= 11 is 0. The average Bonchev–Trinajstić information content (AvgIpc) is 3.40. The van der Waals surface area contributed by atoms with E-state index in [4.69, 9.17) is 4.42 Å². The molecule has 0 atom stereocenters. The van der Waals surface area contributed by atoms with E-state index < -0.39 is 0 Å². The maximum atomic E-state index is 12.5. The second-order valence-corrected chi connectivity index (χ2v) is 7.83. The Morgan fingerprint density at radius 2 is 1.87 bits per heavy atom. The summed E-state index contributed by atoms with van der Waals surface area (Å²) in [6, 6.07) is 9.45. The lowest BCUT2D eigenvalue weighted by Crippen LogP contribution is -2.29. The van der Waals surface area contributed by atoms with Crippen molar-refractivity contribution in [1.82, 2.24) is 30.2 Å². The van der Waals surface area contributed by atoms with E-state index in [9.17, 15) is 4.79 Å². The van der Waals surface area contributed by atoms with Crippen LogP contribution in [0.2, 0.25) is 0 Å². The predicted octanol–water partition coefficient (Wildman–Crippen LogP) is 3.82. The van der Waals surface area contributed by atoms with Gasteiger partial charge in [0.2, 0.25) is 5.89 Å². The van der Waals surface area contributed by atoms with E-state index in [0.29, 0.717) is 29.6 Å². The summed E-state index contributed by atoms with van der Waals surface area (Å²) in [6.45, 7) is 14.0. The fourth-order valence-corrected chi connectivity index (χ4v) is 3.42. The lowest BCUT2D eigenvalue weighted by Gasteiger charge is -2.17. The zero-order chi connectivity index (χ0) is 22.4. The lowest BCUT2D eigenvalue weighted by atomic mass is 10.1. The third kappa shape index (κ3) is 5.58. The van der Waals surface area contributed by atoms with Gasteiger partial charge in [0, 0.05) is 24.7 Å². The van der Waals surface area contributed by atoms with Gasteiger partial charge >= 0.3 is 0 Å². The van der Waals surface area contributed by atoms with E-state index in [1.165, 1.54) is 0 Å². The summed E-state index contributed by atoms with van der Waals surface area (Å²) in [5.74, 6) is 1.10. The SMILES string of the molecule is CCN(CC)CCCNC(=O)c1ccc(-n2nc(-c3nnc(C)o3)cc2C(C)C)cc1. The van der Waals surface area contributed by atoms with E-state index in [1.54, 1.807) is 6.92 Å². The minimum absolute atomic E-state index is 0.0577. The molecule has 0 aliphatic heterocycles. The van der Waals surface area contributed by atoms with Gasteiger partial charge in [-0.1, -0.05) is 27.7 Å². The second kappa shape index (κ2) is 10.3. The second-order valence-electron chi connectivity index (χ2n) is 7.83. The van der Waals surface area contributed by atoms with Crippen LogP contribution in [0, 0.1) is 6.92 Å². The third-order valence-corrected chi connectivity index (χ3v) is 5.28. The maximum absolute atomic E-state index is 12.5. The summed E-state index contributed by atoms with van der Waals surface area (Å²) < 4.78 is 7.39.